The van der Waals surface area contributed by atoms with E-state index in [2.05, 4.69) is 6.07 Å². The van der Waals surface area contributed by atoms with Gasteiger partial charge in [-0.2, -0.15) is 0 Å². The fraction of sp³-hybridized carbons (Fsp3) is 0.600. The number of rotatable bonds is 3. The number of ether oxygens (including phenoxy) is 1. The van der Waals surface area contributed by atoms with Crippen LogP contribution in [0.2, 0.25) is 0 Å². The van der Waals surface area contributed by atoms with Crippen molar-refractivity contribution in [2.45, 2.75) is 44.4 Å². The topological polar surface area (TPSA) is 55.5 Å². The fourth-order valence-electron chi connectivity index (χ4n) is 3.12. The lowest BCUT2D eigenvalue weighted by molar-refractivity contribution is 0.285. The first-order chi connectivity index (χ1) is 8.63. The van der Waals surface area contributed by atoms with Gasteiger partial charge in [0, 0.05) is 17.5 Å². The van der Waals surface area contributed by atoms with Crippen LogP contribution in [0.3, 0.4) is 0 Å². The molecule has 0 saturated heterocycles. The first kappa shape index (κ1) is 13.2. The van der Waals surface area contributed by atoms with Gasteiger partial charge in [0.1, 0.15) is 0 Å². The Morgan fingerprint density at radius 2 is 1.94 bits per heavy atom. The van der Waals surface area contributed by atoms with E-state index in [9.17, 15) is 5.11 Å². The van der Waals surface area contributed by atoms with E-state index in [4.69, 9.17) is 10.5 Å². The van der Waals surface area contributed by atoms with Crippen molar-refractivity contribution >= 4 is 0 Å². The molecule has 3 heteroatoms. The Labute approximate surface area is 109 Å². The van der Waals surface area contributed by atoms with Crippen molar-refractivity contribution in [2.24, 2.45) is 5.73 Å². The molecule has 1 aromatic rings. The summed E-state index contributed by atoms with van der Waals surface area (Å²) in [6.07, 6.45) is 5.76. The molecule has 0 spiro atoms. The third-order valence-corrected chi connectivity index (χ3v) is 4.21. The van der Waals surface area contributed by atoms with Crippen molar-refractivity contribution in [1.82, 2.24) is 0 Å². The normalized spacial score (nSPS) is 18.6. The average molecular weight is 249 g/mol. The van der Waals surface area contributed by atoms with Crippen LogP contribution in [0.1, 0.15) is 43.2 Å². The van der Waals surface area contributed by atoms with Gasteiger partial charge in [-0.3, -0.25) is 0 Å². The minimum atomic E-state index is -0.0678. The van der Waals surface area contributed by atoms with Crippen LogP contribution in [0.15, 0.2) is 12.1 Å². The molecule has 0 atom stereocenters. The van der Waals surface area contributed by atoms with Crippen molar-refractivity contribution in [3.8, 4) is 11.5 Å². The number of hydrogen-bond donors (Lipinski definition) is 2. The molecule has 0 aromatic heterocycles. The highest BCUT2D eigenvalue weighted by atomic mass is 16.5. The van der Waals surface area contributed by atoms with Crippen molar-refractivity contribution in [3.05, 3.63) is 23.3 Å². The van der Waals surface area contributed by atoms with Gasteiger partial charge < -0.3 is 15.6 Å². The molecule has 0 amide bonds. The van der Waals surface area contributed by atoms with E-state index in [-0.39, 0.29) is 11.2 Å². The molecule has 0 aliphatic heterocycles. The van der Waals surface area contributed by atoms with Gasteiger partial charge in [0.25, 0.3) is 0 Å². The maximum Gasteiger partial charge on any atom is 0.161 e. The minimum absolute atomic E-state index is 0.0678. The lowest BCUT2D eigenvalue weighted by Crippen LogP contribution is -2.37. The molecule has 0 unspecified atom stereocenters. The zero-order chi connectivity index (χ0) is 13.2. The Morgan fingerprint density at radius 3 is 2.50 bits per heavy atom. The van der Waals surface area contributed by atoms with Crippen LogP contribution in [-0.4, -0.2) is 18.8 Å². The van der Waals surface area contributed by atoms with E-state index in [0.29, 0.717) is 12.3 Å². The average Bonchev–Trinajstić information content (AvgIpc) is 2.41. The molecular formula is C15H23NO2. The van der Waals surface area contributed by atoms with Gasteiger partial charge in [0.2, 0.25) is 0 Å². The van der Waals surface area contributed by atoms with Crippen LogP contribution in [0.5, 0.6) is 11.5 Å². The first-order valence-electron chi connectivity index (χ1n) is 6.71. The first-order valence-corrected chi connectivity index (χ1v) is 6.71. The van der Waals surface area contributed by atoms with Crippen molar-refractivity contribution in [2.75, 3.05) is 13.7 Å². The van der Waals surface area contributed by atoms with E-state index in [1.807, 2.05) is 13.0 Å². The molecule has 0 heterocycles. The van der Waals surface area contributed by atoms with E-state index < -0.39 is 0 Å². The molecule has 0 radical (unpaired) electrons. The quantitative estimate of drug-likeness (QED) is 0.866. The van der Waals surface area contributed by atoms with E-state index in [1.165, 1.54) is 19.3 Å². The van der Waals surface area contributed by atoms with Crippen LogP contribution in [-0.2, 0) is 5.41 Å². The Kier molecular flexibility index (Phi) is 3.81. The molecule has 3 nitrogen and oxygen atoms in total. The second-order valence-corrected chi connectivity index (χ2v) is 5.41. The highest BCUT2D eigenvalue weighted by Crippen LogP contribution is 2.45. The summed E-state index contributed by atoms with van der Waals surface area (Å²) in [5, 5.41) is 10.4. The third kappa shape index (κ3) is 2.19. The van der Waals surface area contributed by atoms with E-state index in [1.54, 1.807) is 7.11 Å². The molecule has 3 N–H and O–H groups in total. The third-order valence-electron chi connectivity index (χ3n) is 4.21. The summed E-state index contributed by atoms with van der Waals surface area (Å²) in [5.74, 6) is 0.832. The number of benzene rings is 1. The van der Waals surface area contributed by atoms with E-state index in [0.717, 1.165) is 24.0 Å². The highest BCUT2D eigenvalue weighted by Gasteiger charge is 2.35. The summed E-state index contributed by atoms with van der Waals surface area (Å²) in [7, 11) is 1.59. The van der Waals surface area contributed by atoms with Crippen molar-refractivity contribution in [3.63, 3.8) is 0 Å². The van der Waals surface area contributed by atoms with Gasteiger partial charge in [0.05, 0.1) is 7.11 Å². The van der Waals surface area contributed by atoms with Gasteiger partial charge in [-0.25, -0.2) is 0 Å². The minimum Gasteiger partial charge on any atom is -0.504 e. The number of aromatic hydroxyl groups is 1. The summed E-state index contributed by atoms with van der Waals surface area (Å²) >= 11 is 0. The van der Waals surface area contributed by atoms with Crippen LogP contribution < -0.4 is 10.5 Å². The number of nitrogens with two attached hydrogens (primary N) is 1. The Bertz CT molecular complexity index is 423. The summed E-state index contributed by atoms with van der Waals surface area (Å²) in [6, 6.07) is 3.93. The van der Waals surface area contributed by atoms with Crippen molar-refractivity contribution in [1.29, 1.82) is 0 Å². The molecule has 1 aliphatic rings. The Balaban J connectivity index is 2.50. The summed E-state index contributed by atoms with van der Waals surface area (Å²) < 4.78 is 5.26. The maximum absolute atomic E-state index is 10.4. The van der Waals surface area contributed by atoms with Gasteiger partial charge in [0.15, 0.2) is 11.5 Å². The summed E-state index contributed by atoms with van der Waals surface area (Å²) in [4.78, 5) is 0. The number of aryl methyl sites for hydroxylation is 1. The van der Waals surface area contributed by atoms with Crippen molar-refractivity contribution < 1.29 is 9.84 Å². The number of phenolic OH excluding ortho intramolecular Hbond substituents is 1. The monoisotopic (exact) mass is 249 g/mol. The number of phenols is 1. The molecule has 1 aliphatic carbocycles. The Hall–Kier alpha value is -1.22. The highest BCUT2D eigenvalue weighted by molar-refractivity contribution is 5.52. The molecule has 1 aromatic carbocycles. The molecule has 100 valence electrons. The Morgan fingerprint density at radius 1 is 1.28 bits per heavy atom. The number of hydrogen-bond acceptors (Lipinski definition) is 3. The van der Waals surface area contributed by atoms with Crippen LogP contribution in [0.25, 0.3) is 0 Å². The molecular weight excluding hydrogens is 226 g/mol. The maximum atomic E-state index is 10.4. The van der Waals surface area contributed by atoms with Gasteiger partial charge >= 0.3 is 0 Å². The van der Waals surface area contributed by atoms with Gasteiger partial charge in [-0.15, -0.1) is 0 Å². The molecule has 1 fully saturated rings. The van der Waals surface area contributed by atoms with E-state index >= 15 is 0 Å². The molecule has 18 heavy (non-hydrogen) atoms. The van der Waals surface area contributed by atoms with Crippen LogP contribution in [0.4, 0.5) is 0 Å². The summed E-state index contributed by atoms with van der Waals surface area (Å²) in [5.41, 5.74) is 8.04. The predicted molar refractivity (Wildman–Crippen MR) is 73.2 cm³/mol. The molecule has 1 saturated carbocycles. The smallest absolute Gasteiger partial charge is 0.161 e. The predicted octanol–water partition coefficient (Wildman–Crippen LogP) is 2.87. The number of methoxy groups -OCH3 is 1. The van der Waals surface area contributed by atoms with Gasteiger partial charge in [-0.1, -0.05) is 25.3 Å². The standard InChI is InChI=1S/C15H23NO2/c1-11-8-12(14(17)13(9-11)18-2)15(10-16)6-4-3-5-7-15/h8-9,17H,3-7,10,16H2,1-2H3. The van der Waals surface area contributed by atoms with Crippen LogP contribution in [0, 0.1) is 6.92 Å². The lowest BCUT2D eigenvalue weighted by atomic mass is 9.69. The molecule has 0 bridgehead atoms. The second-order valence-electron chi connectivity index (χ2n) is 5.41. The largest absolute Gasteiger partial charge is 0.504 e. The molecule has 2 rings (SSSR count). The zero-order valence-corrected chi connectivity index (χ0v) is 11.3. The fourth-order valence-corrected chi connectivity index (χ4v) is 3.12. The summed E-state index contributed by atoms with van der Waals surface area (Å²) in [6.45, 7) is 2.62. The zero-order valence-electron chi connectivity index (χ0n) is 11.3. The second kappa shape index (κ2) is 5.19. The van der Waals surface area contributed by atoms with Gasteiger partial charge in [-0.05, 0) is 31.4 Å². The van der Waals surface area contributed by atoms with Crippen LogP contribution >= 0.6 is 0 Å². The SMILES string of the molecule is COc1cc(C)cc(C2(CN)CCCCC2)c1O. The lowest BCUT2D eigenvalue weighted by Gasteiger charge is -2.37.